The second-order valence-electron chi connectivity index (χ2n) is 4.55. The highest BCUT2D eigenvalue weighted by atomic mass is 35.5. The number of hydrogen-bond donors (Lipinski definition) is 3. The number of carbonyl (C=O) groups is 1. The highest BCUT2D eigenvalue weighted by Crippen LogP contribution is 2.31. The van der Waals surface area contributed by atoms with Crippen LogP contribution in [0.5, 0.6) is 5.75 Å². The lowest BCUT2D eigenvalue weighted by molar-refractivity contribution is 0.0998. The van der Waals surface area contributed by atoms with Crippen molar-refractivity contribution in [2.75, 3.05) is 5.32 Å². The van der Waals surface area contributed by atoms with Crippen molar-refractivity contribution in [3.05, 3.63) is 29.1 Å². The normalized spacial score (nSPS) is 13.6. The van der Waals surface area contributed by atoms with Gasteiger partial charge >= 0.3 is 0 Å². The van der Waals surface area contributed by atoms with E-state index in [2.05, 4.69) is 10.3 Å². The Bertz CT molecular complexity index is 640. The van der Waals surface area contributed by atoms with Gasteiger partial charge in [0.15, 0.2) is 5.13 Å². The van der Waals surface area contributed by atoms with Crippen LogP contribution >= 0.6 is 23.7 Å². The second kappa shape index (κ2) is 5.68. The van der Waals surface area contributed by atoms with Crippen LogP contribution in [0.3, 0.4) is 0 Å². The molecule has 3 rings (SSSR count). The van der Waals surface area contributed by atoms with E-state index in [0.29, 0.717) is 6.04 Å². The van der Waals surface area contributed by atoms with Gasteiger partial charge in [-0.2, -0.15) is 0 Å². The van der Waals surface area contributed by atoms with E-state index in [-0.39, 0.29) is 23.7 Å². The molecule has 1 heterocycles. The third kappa shape index (κ3) is 3.02. The zero-order chi connectivity index (χ0) is 13.4. The minimum absolute atomic E-state index is 0. The van der Waals surface area contributed by atoms with Crippen LogP contribution in [-0.2, 0) is 0 Å². The van der Waals surface area contributed by atoms with Gasteiger partial charge in [0.1, 0.15) is 5.75 Å². The number of thiazole rings is 1. The van der Waals surface area contributed by atoms with Crippen molar-refractivity contribution in [3.8, 4) is 17.0 Å². The maximum absolute atomic E-state index is 11.2. The predicted molar refractivity (Wildman–Crippen MR) is 81.6 cm³/mol. The molecule has 0 spiro atoms. The first kappa shape index (κ1) is 14.6. The molecule has 0 saturated heterocycles. The number of nitrogens with two attached hydrogens (primary N) is 1. The first-order valence-corrected chi connectivity index (χ1v) is 6.86. The van der Waals surface area contributed by atoms with E-state index in [0.717, 1.165) is 16.4 Å². The maximum atomic E-state index is 11.2. The zero-order valence-corrected chi connectivity index (χ0v) is 12.1. The molecule has 1 aromatic heterocycles. The Morgan fingerprint density at radius 2 is 2.20 bits per heavy atom. The van der Waals surface area contributed by atoms with Crippen LogP contribution in [-0.4, -0.2) is 22.0 Å². The predicted octanol–water partition coefficient (Wildman–Crippen LogP) is 2.61. The monoisotopic (exact) mass is 311 g/mol. The van der Waals surface area contributed by atoms with Crippen LogP contribution in [0.2, 0.25) is 0 Å². The van der Waals surface area contributed by atoms with Gasteiger partial charge < -0.3 is 16.2 Å². The molecule has 5 nitrogen and oxygen atoms in total. The second-order valence-corrected chi connectivity index (χ2v) is 5.41. The highest BCUT2D eigenvalue weighted by molar-refractivity contribution is 7.14. The molecular formula is C13H14ClN3O2S. The number of amides is 1. The fraction of sp³-hybridized carbons (Fsp3) is 0.231. The van der Waals surface area contributed by atoms with Crippen LogP contribution in [0.4, 0.5) is 5.13 Å². The lowest BCUT2D eigenvalue weighted by Crippen LogP contribution is -2.11. The van der Waals surface area contributed by atoms with Crippen molar-refractivity contribution in [2.45, 2.75) is 18.9 Å². The zero-order valence-electron chi connectivity index (χ0n) is 10.5. The number of aromatic nitrogens is 1. The summed E-state index contributed by atoms with van der Waals surface area (Å²) in [7, 11) is 0. The molecular weight excluding hydrogens is 298 g/mol. The van der Waals surface area contributed by atoms with Crippen molar-refractivity contribution in [3.63, 3.8) is 0 Å². The molecule has 4 N–H and O–H groups in total. The SMILES string of the molecule is Cl.NC(=O)c1cc(-c2csc(NC3CC3)n2)ccc1O. The molecule has 0 aliphatic heterocycles. The number of nitrogens with zero attached hydrogens (tertiary/aromatic N) is 1. The number of nitrogens with one attached hydrogen (secondary N) is 1. The van der Waals surface area contributed by atoms with E-state index in [1.54, 1.807) is 12.1 Å². The van der Waals surface area contributed by atoms with Gasteiger partial charge in [0.2, 0.25) is 0 Å². The Hall–Kier alpha value is -1.79. The van der Waals surface area contributed by atoms with Gasteiger partial charge in [-0.1, -0.05) is 0 Å². The first-order chi connectivity index (χ1) is 9.13. The summed E-state index contributed by atoms with van der Waals surface area (Å²) in [4.78, 5) is 15.7. The summed E-state index contributed by atoms with van der Waals surface area (Å²) in [5.74, 6) is -0.756. The molecule has 1 aliphatic carbocycles. The number of carbonyl (C=O) groups excluding carboxylic acids is 1. The Balaban J connectivity index is 0.00000147. The summed E-state index contributed by atoms with van der Waals surface area (Å²) in [5, 5.41) is 15.7. The topological polar surface area (TPSA) is 88.2 Å². The maximum Gasteiger partial charge on any atom is 0.252 e. The molecule has 0 unspecified atom stereocenters. The number of hydrogen-bond acceptors (Lipinski definition) is 5. The van der Waals surface area contributed by atoms with Gasteiger partial charge in [-0.05, 0) is 31.0 Å². The Labute approximate surface area is 126 Å². The molecule has 1 saturated carbocycles. The molecule has 0 bridgehead atoms. The molecule has 1 fully saturated rings. The summed E-state index contributed by atoms with van der Waals surface area (Å²) >= 11 is 1.53. The summed E-state index contributed by atoms with van der Waals surface area (Å²) in [6.07, 6.45) is 2.39. The van der Waals surface area contributed by atoms with Crippen molar-refractivity contribution in [2.24, 2.45) is 5.73 Å². The van der Waals surface area contributed by atoms with E-state index in [4.69, 9.17) is 5.73 Å². The molecule has 2 aromatic rings. The number of anilines is 1. The number of halogens is 1. The van der Waals surface area contributed by atoms with Crippen molar-refractivity contribution in [1.29, 1.82) is 0 Å². The van der Waals surface area contributed by atoms with E-state index in [1.165, 1.54) is 30.2 Å². The van der Waals surface area contributed by atoms with E-state index in [9.17, 15) is 9.90 Å². The first-order valence-electron chi connectivity index (χ1n) is 5.99. The van der Waals surface area contributed by atoms with Crippen LogP contribution in [0, 0.1) is 0 Å². The molecule has 7 heteroatoms. The Morgan fingerprint density at radius 3 is 2.85 bits per heavy atom. The quantitative estimate of drug-likeness (QED) is 0.810. The molecule has 20 heavy (non-hydrogen) atoms. The largest absolute Gasteiger partial charge is 0.507 e. The number of benzene rings is 1. The van der Waals surface area contributed by atoms with Gasteiger partial charge in [-0.25, -0.2) is 4.98 Å². The Kier molecular flexibility index (Phi) is 4.15. The molecule has 0 atom stereocenters. The van der Waals surface area contributed by atoms with E-state index in [1.807, 2.05) is 5.38 Å². The Morgan fingerprint density at radius 1 is 1.45 bits per heavy atom. The molecule has 1 amide bonds. The summed E-state index contributed by atoms with van der Waals surface area (Å²) < 4.78 is 0. The van der Waals surface area contributed by atoms with Gasteiger partial charge in [-0.15, -0.1) is 23.7 Å². The fourth-order valence-corrected chi connectivity index (χ4v) is 2.57. The minimum atomic E-state index is -0.647. The standard InChI is InChI=1S/C13H13N3O2S.ClH/c14-12(18)9-5-7(1-4-11(9)17)10-6-19-13(16-10)15-8-2-3-8;/h1,4-6,8,17H,2-3H2,(H2,14,18)(H,15,16);1H. The van der Waals surface area contributed by atoms with Crippen LogP contribution in [0.1, 0.15) is 23.2 Å². The van der Waals surface area contributed by atoms with Gasteiger partial charge in [0, 0.05) is 17.0 Å². The minimum Gasteiger partial charge on any atom is -0.507 e. The summed E-state index contributed by atoms with van der Waals surface area (Å²) in [5.41, 5.74) is 6.87. The summed E-state index contributed by atoms with van der Waals surface area (Å²) in [6.45, 7) is 0. The third-order valence-corrected chi connectivity index (χ3v) is 3.74. The molecule has 106 valence electrons. The van der Waals surface area contributed by atoms with Gasteiger partial charge in [-0.3, -0.25) is 4.79 Å². The van der Waals surface area contributed by atoms with Crippen molar-refractivity contribution in [1.82, 2.24) is 4.98 Å². The van der Waals surface area contributed by atoms with E-state index < -0.39 is 5.91 Å². The van der Waals surface area contributed by atoms with Crippen LogP contribution in [0.15, 0.2) is 23.6 Å². The molecule has 0 radical (unpaired) electrons. The summed E-state index contributed by atoms with van der Waals surface area (Å²) in [6, 6.07) is 5.30. The highest BCUT2D eigenvalue weighted by Gasteiger charge is 2.22. The average Bonchev–Trinajstić information content (AvgIpc) is 3.06. The van der Waals surface area contributed by atoms with Crippen molar-refractivity contribution >= 4 is 34.8 Å². The van der Waals surface area contributed by atoms with Gasteiger partial charge in [0.05, 0.1) is 11.3 Å². The lowest BCUT2D eigenvalue weighted by Gasteiger charge is -2.03. The number of rotatable bonds is 4. The van der Waals surface area contributed by atoms with Gasteiger partial charge in [0.25, 0.3) is 5.91 Å². The number of primary amides is 1. The van der Waals surface area contributed by atoms with Crippen molar-refractivity contribution < 1.29 is 9.90 Å². The third-order valence-electron chi connectivity index (χ3n) is 2.97. The number of phenols is 1. The van der Waals surface area contributed by atoms with Crippen LogP contribution < -0.4 is 11.1 Å². The molecule has 1 aliphatic rings. The number of aromatic hydroxyl groups is 1. The molecule has 1 aromatic carbocycles. The smallest absolute Gasteiger partial charge is 0.252 e. The fourth-order valence-electron chi connectivity index (χ4n) is 1.77. The van der Waals surface area contributed by atoms with E-state index >= 15 is 0 Å². The average molecular weight is 312 g/mol. The lowest BCUT2D eigenvalue weighted by atomic mass is 10.1. The van der Waals surface area contributed by atoms with Crippen LogP contribution in [0.25, 0.3) is 11.3 Å².